The second kappa shape index (κ2) is 15.6. The fourth-order valence-corrected chi connectivity index (χ4v) is 4.56. The lowest BCUT2D eigenvalue weighted by Gasteiger charge is -2.26. The molecule has 4 N–H and O–H groups in total. The summed E-state index contributed by atoms with van der Waals surface area (Å²) >= 11 is 0. The van der Waals surface area contributed by atoms with Crippen LogP contribution < -0.4 is 4.90 Å². The number of aliphatic carboxylic acids is 3. The van der Waals surface area contributed by atoms with Gasteiger partial charge in [-0.15, -0.1) is 0 Å². The number of furan rings is 1. The van der Waals surface area contributed by atoms with Crippen LogP contribution in [0.15, 0.2) is 47.7 Å². The Kier molecular flexibility index (Phi) is 12.0. The predicted octanol–water partition coefficient (Wildman–Crippen LogP) is 2.41. The highest BCUT2D eigenvalue weighted by atomic mass is 16.4. The molecule has 0 spiro atoms. The Bertz CT molecular complexity index is 1260. The fourth-order valence-electron chi connectivity index (χ4n) is 4.56. The van der Waals surface area contributed by atoms with Gasteiger partial charge < -0.3 is 34.3 Å². The van der Waals surface area contributed by atoms with Gasteiger partial charge in [-0.25, -0.2) is 19.7 Å². The molecule has 3 aromatic heterocycles. The third-order valence-electron chi connectivity index (χ3n) is 6.65. The first kappa shape index (κ1) is 32.2. The monoisotopic (exact) mass is 586 g/mol. The summed E-state index contributed by atoms with van der Waals surface area (Å²) in [5.74, 6) is -2.21. The minimum atomic E-state index is -2.74. The van der Waals surface area contributed by atoms with Gasteiger partial charge in [0.05, 0.1) is 25.7 Å². The molecule has 0 bridgehead atoms. The van der Waals surface area contributed by atoms with E-state index >= 15 is 0 Å². The number of carboxylic acids is 3. The van der Waals surface area contributed by atoms with Crippen molar-refractivity contribution in [3.63, 3.8) is 0 Å². The Hall–Kier alpha value is -4.30. The van der Waals surface area contributed by atoms with E-state index in [4.69, 9.17) is 24.8 Å². The summed E-state index contributed by atoms with van der Waals surface area (Å²) in [7, 11) is 0. The fraction of sp³-hybridized carbons (Fsp3) is 0.500. The van der Waals surface area contributed by atoms with Gasteiger partial charge in [0.15, 0.2) is 5.60 Å². The largest absolute Gasteiger partial charge is 0.481 e. The van der Waals surface area contributed by atoms with Gasteiger partial charge in [-0.3, -0.25) is 14.5 Å². The lowest BCUT2D eigenvalue weighted by Crippen LogP contribution is -2.42. The number of anilines is 1. The van der Waals surface area contributed by atoms with E-state index < -0.39 is 36.4 Å². The molecule has 14 heteroatoms. The van der Waals surface area contributed by atoms with Crippen LogP contribution in [-0.2, 0) is 34.0 Å². The molecule has 1 fully saturated rings. The standard InChI is InChI=1S/C22H30N6O.C6H8O7/c1-19-6-7-21(29-19)17-27(10-5-9-26-13-8-23-18-26)16-20-14-24-22(25-15-20)28-11-3-2-4-12-28;7-3(8)1-6(13,5(11)12)2-4(9)10/h6-8,13-15,18H,2-5,9-12,16-17H2,1H3;13H,1-2H2,(H,7,8)(H,9,10)(H,11,12). The number of rotatable bonds is 14. The topological polar surface area (TPSA) is 195 Å². The minimum absolute atomic E-state index is 0.783. The van der Waals surface area contributed by atoms with Crippen molar-refractivity contribution < 1.29 is 39.2 Å². The van der Waals surface area contributed by atoms with Crippen LogP contribution in [0.25, 0.3) is 0 Å². The normalized spacial score (nSPS) is 13.5. The number of aliphatic hydroxyl groups is 1. The number of piperidine rings is 1. The molecule has 14 nitrogen and oxygen atoms in total. The number of nitrogens with zero attached hydrogens (tertiary/aromatic N) is 6. The van der Waals surface area contributed by atoms with Crippen molar-refractivity contribution in [2.75, 3.05) is 24.5 Å². The van der Waals surface area contributed by atoms with Crippen LogP contribution in [0, 0.1) is 6.92 Å². The summed E-state index contributed by atoms with van der Waals surface area (Å²) in [4.78, 5) is 48.6. The van der Waals surface area contributed by atoms with Crippen molar-refractivity contribution in [1.29, 1.82) is 0 Å². The highest BCUT2D eigenvalue weighted by Crippen LogP contribution is 2.18. The van der Waals surface area contributed by atoms with E-state index in [1.54, 1.807) is 0 Å². The molecule has 1 aliphatic rings. The molecule has 0 unspecified atom stereocenters. The Morgan fingerprint density at radius 1 is 1.00 bits per heavy atom. The first-order valence-corrected chi connectivity index (χ1v) is 13.7. The predicted molar refractivity (Wildman–Crippen MR) is 150 cm³/mol. The highest BCUT2D eigenvalue weighted by molar-refractivity contribution is 5.88. The average molecular weight is 587 g/mol. The molecule has 1 aliphatic heterocycles. The van der Waals surface area contributed by atoms with Crippen LogP contribution in [-0.4, -0.2) is 88.0 Å². The minimum Gasteiger partial charge on any atom is -0.481 e. The molecular weight excluding hydrogens is 548 g/mol. The molecule has 0 radical (unpaired) electrons. The molecule has 0 aromatic carbocycles. The molecule has 4 heterocycles. The van der Waals surface area contributed by atoms with Crippen molar-refractivity contribution in [3.05, 3.63) is 60.3 Å². The van der Waals surface area contributed by atoms with Crippen LogP contribution in [0.1, 0.15) is 55.6 Å². The number of hydrogen-bond acceptors (Lipinski definition) is 10. The molecule has 228 valence electrons. The van der Waals surface area contributed by atoms with E-state index in [1.807, 2.05) is 44.1 Å². The van der Waals surface area contributed by atoms with Crippen molar-refractivity contribution >= 4 is 23.9 Å². The van der Waals surface area contributed by atoms with Gasteiger partial charge in [-0.05, 0) is 44.7 Å². The van der Waals surface area contributed by atoms with Crippen LogP contribution in [0.3, 0.4) is 0 Å². The Morgan fingerprint density at radius 3 is 2.19 bits per heavy atom. The quantitative estimate of drug-likeness (QED) is 0.215. The molecule has 0 saturated carbocycles. The van der Waals surface area contributed by atoms with Crippen molar-refractivity contribution in [1.82, 2.24) is 24.4 Å². The third-order valence-corrected chi connectivity index (χ3v) is 6.65. The van der Waals surface area contributed by atoms with Gasteiger partial charge in [0.25, 0.3) is 0 Å². The number of hydrogen-bond donors (Lipinski definition) is 4. The molecule has 0 atom stereocenters. The Labute approximate surface area is 243 Å². The number of carbonyl (C=O) groups is 3. The zero-order chi connectivity index (χ0) is 30.5. The summed E-state index contributed by atoms with van der Waals surface area (Å²) in [5.41, 5.74) is -1.60. The van der Waals surface area contributed by atoms with Crippen molar-refractivity contribution in [2.24, 2.45) is 0 Å². The van der Waals surface area contributed by atoms with E-state index in [-0.39, 0.29) is 0 Å². The Morgan fingerprint density at radius 2 is 1.67 bits per heavy atom. The van der Waals surface area contributed by atoms with Gasteiger partial charge in [0.2, 0.25) is 5.95 Å². The molecule has 3 aromatic rings. The Balaban J connectivity index is 0.000000316. The van der Waals surface area contributed by atoms with Gasteiger partial charge in [0.1, 0.15) is 11.5 Å². The summed E-state index contributed by atoms with van der Waals surface area (Å²) in [6.45, 7) is 7.63. The lowest BCUT2D eigenvalue weighted by molar-refractivity contribution is -0.170. The number of imidazole rings is 1. The molecular formula is C28H38N6O8. The number of aryl methyl sites for hydroxylation is 2. The van der Waals surface area contributed by atoms with E-state index in [1.165, 1.54) is 19.3 Å². The second-order valence-corrected chi connectivity index (χ2v) is 10.3. The zero-order valence-electron chi connectivity index (χ0n) is 23.6. The molecule has 4 rings (SSSR count). The van der Waals surface area contributed by atoms with Crippen LogP contribution in [0.5, 0.6) is 0 Å². The van der Waals surface area contributed by atoms with Crippen molar-refractivity contribution in [3.8, 4) is 0 Å². The summed E-state index contributed by atoms with van der Waals surface area (Å²) < 4.78 is 7.92. The highest BCUT2D eigenvalue weighted by Gasteiger charge is 2.40. The van der Waals surface area contributed by atoms with Gasteiger partial charge in [-0.2, -0.15) is 0 Å². The van der Waals surface area contributed by atoms with Gasteiger partial charge >= 0.3 is 17.9 Å². The lowest BCUT2D eigenvalue weighted by atomic mass is 9.96. The van der Waals surface area contributed by atoms with Crippen molar-refractivity contribution in [2.45, 2.75) is 70.7 Å². The van der Waals surface area contributed by atoms with E-state index in [2.05, 4.69) is 35.4 Å². The van der Waals surface area contributed by atoms with Crippen LogP contribution >= 0.6 is 0 Å². The first-order valence-electron chi connectivity index (χ1n) is 13.7. The van der Waals surface area contributed by atoms with Gasteiger partial charge in [0, 0.05) is 63.1 Å². The number of carboxylic acid groups (broad SMARTS) is 3. The summed E-state index contributed by atoms with van der Waals surface area (Å²) in [6.07, 6.45) is 12.2. The van der Waals surface area contributed by atoms with Crippen LogP contribution in [0.4, 0.5) is 5.95 Å². The molecule has 0 amide bonds. The second-order valence-electron chi connectivity index (χ2n) is 10.3. The van der Waals surface area contributed by atoms with E-state index in [0.717, 1.165) is 68.7 Å². The third kappa shape index (κ3) is 10.6. The van der Waals surface area contributed by atoms with E-state index in [0.29, 0.717) is 0 Å². The molecule has 42 heavy (non-hydrogen) atoms. The SMILES string of the molecule is Cc1ccc(CN(CCCn2ccnc2)Cc2cnc(N3CCCCC3)nc2)o1.O=C(O)CC(O)(CC(=O)O)C(=O)O. The summed E-state index contributed by atoms with van der Waals surface area (Å²) in [6, 6.07) is 4.09. The smallest absolute Gasteiger partial charge is 0.336 e. The van der Waals surface area contributed by atoms with Gasteiger partial charge in [-0.1, -0.05) is 0 Å². The first-order chi connectivity index (χ1) is 20.0. The maximum atomic E-state index is 10.3. The zero-order valence-corrected chi connectivity index (χ0v) is 23.6. The molecule has 1 saturated heterocycles. The maximum Gasteiger partial charge on any atom is 0.336 e. The van der Waals surface area contributed by atoms with E-state index in [9.17, 15) is 14.4 Å². The summed E-state index contributed by atoms with van der Waals surface area (Å²) in [5, 5.41) is 33.8. The number of aromatic nitrogens is 4. The van der Waals surface area contributed by atoms with Crippen LogP contribution in [0.2, 0.25) is 0 Å². The molecule has 0 aliphatic carbocycles. The maximum absolute atomic E-state index is 10.3. The average Bonchev–Trinajstić information content (AvgIpc) is 3.60.